The van der Waals surface area contributed by atoms with Crippen molar-refractivity contribution in [1.82, 2.24) is 10.2 Å². The second-order valence-corrected chi connectivity index (χ2v) is 10.3. The predicted molar refractivity (Wildman–Crippen MR) is 137 cm³/mol. The molecule has 0 radical (unpaired) electrons. The summed E-state index contributed by atoms with van der Waals surface area (Å²) >= 11 is 0.780. The number of hydrogen-bond donors (Lipinski definition) is 2. The number of carbonyl (C=O) groups excluding carboxylic acids is 3. The van der Waals surface area contributed by atoms with Gasteiger partial charge < -0.3 is 15.2 Å². The average molecular weight is 509 g/mol. The van der Waals surface area contributed by atoms with E-state index in [4.69, 9.17) is 4.74 Å². The number of imide groups is 1. The molecule has 0 saturated carbocycles. The van der Waals surface area contributed by atoms with Crippen molar-refractivity contribution in [2.24, 2.45) is 11.8 Å². The maximum absolute atomic E-state index is 12.9. The van der Waals surface area contributed by atoms with E-state index in [-0.39, 0.29) is 22.9 Å². The molecule has 1 aliphatic carbocycles. The van der Waals surface area contributed by atoms with Crippen LogP contribution in [0.4, 0.5) is 4.79 Å². The third-order valence-corrected chi connectivity index (χ3v) is 7.59. The van der Waals surface area contributed by atoms with Crippen LogP contribution >= 0.6 is 11.8 Å². The number of allylic oxidation sites excluding steroid dienone is 4. The number of carboxylic acids is 1. The second kappa shape index (κ2) is 10.2. The molecule has 2 N–H and O–H groups in total. The van der Waals surface area contributed by atoms with Crippen LogP contribution in [0.2, 0.25) is 0 Å². The lowest BCUT2D eigenvalue weighted by molar-refractivity contribution is -0.129. The van der Waals surface area contributed by atoms with Crippen molar-refractivity contribution < 1.29 is 29.0 Å². The van der Waals surface area contributed by atoms with Gasteiger partial charge in [0.2, 0.25) is 5.91 Å². The molecule has 2 aliphatic heterocycles. The maximum atomic E-state index is 12.9. The summed E-state index contributed by atoms with van der Waals surface area (Å²) in [6, 6.07) is 4.98. The van der Waals surface area contributed by atoms with Crippen LogP contribution in [0.1, 0.15) is 48.7 Å². The third kappa shape index (κ3) is 5.16. The van der Waals surface area contributed by atoms with Crippen LogP contribution in [-0.2, 0) is 14.3 Å². The summed E-state index contributed by atoms with van der Waals surface area (Å²) in [7, 11) is 0. The predicted octanol–water partition coefficient (Wildman–Crippen LogP) is 4.63. The molecular weight excluding hydrogens is 480 g/mol. The van der Waals surface area contributed by atoms with E-state index in [0.717, 1.165) is 22.4 Å². The molecule has 3 atom stereocenters. The molecule has 4 rings (SSSR count). The van der Waals surface area contributed by atoms with Crippen molar-refractivity contribution in [2.75, 3.05) is 6.54 Å². The number of benzene rings is 1. The van der Waals surface area contributed by atoms with Crippen LogP contribution in [0, 0.1) is 18.8 Å². The van der Waals surface area contributed by atoms with E-state index in [2.05, 4.69) is 12.2 Å². The zero-order valence-corrected chi connectivity index (χ0v) is 21.3. The number of nitrogens with zero attached hydrogens (tertiary/aromatic N) is 1. The van der Waals surface area contributed by atoms with E-state index in [0.29, 0.717) is 29.2 Å². The molecule has 1 fully saturated rings. The SMILES string of the molecule is CC1=CC=C(NC(=O)CN2C(=O)S/C(=C\C3OC(c4cccc(C(=O)O)c4C)=CC3C)C2=O)CC1C. The quantitative estimate of drug-likeness (QED) is 0.539. The summed E-state index contributed by atoms with van der Waals surface area (Å²) in [5, 5.41) is 11.7. The first-order valence-corrected chi connectivity index (χ1v) is 12.5. The minimum atomic E-state index is -1.02. The molecule has 0 spiro atoms. The Morgan fingerprint density at radius 3 is 2.67 bits per heavy atom. The summed E-state index contributed by atoms with van der Waals surface area (Å²) in [6.07, 6.45) is 7.46. The van der Waals surface area contributed by atoms with Crippen molar-refractivity contribution in [2.45, 2.75) is 40.2 Å². The van der Waals surface area contributed by atoms with E-state index in [1.807, 2.05) is 32.1 Å². The van der Waals surface area contributed by atoms with E-state index in [9.17, 15) is 24.3 Å². The topological polar surface area (TPSA) is 113 Å². The zero-order valence-electron chi connectivity index (χ0n) is 20.5. The lowest BCUT2D eigenvalue weighted by Gasteiger charge is -2.20. The Labute approximate surface area is 213 Å². The van der Waals surface area contributed by atoms with Gasteiger partial charge in [-0.25, -0.2) is 4.79 Å². The number of amides is 3. The van der Waals surface area contributed by atoms with Crippen molar-refractivity contribution in [3.63, 3.8) is 0 Å². The number of carboxylic acid groups (broad SMARTS) is 1. The third-order valence-electron chi connectivity index (χ3n) is 6.67. The van der Waals surface area contributed by atoms with Gasteiger partial charge >= 0.3 is 5.97 Å². The lowest BCUT2D eigenvalue weighted by Crippen LogP contribution is -2.39. The van der Waals surface area contributed by atoms with Crippen LogP contribution in [0.25, 0.3) is 5.76 Å². The highest BCUT2D eigenvalue weighted by Gasteiger charge is 2.38. The maximum Gasteiger partial charge on any atom is 0.335 e. The molecular formula is C27H28N2O6S. The van der Waals surface area contributed by atoms with Crippen molar-refractivity contribution in [3.05, 3.63) is 75.4 Å². The molecule has 3 amide bonds. The minimum Gasteiger partial charge on any atom is -0.485 e. The van der Waals surface area contributed by atoms with Gasteiger partial charge in [-0.15, -0.1) is 0 Å². The Morgan fingerprint density at radius 2 is 1.97 bits per heavy atom. The van der Waals surface area contributed by atoms with E-state index in [1.165, 1.54) is 11.6 Å². The Kier molecular flexibility index (Phi) is 7.21. The molecule has 0 bridgehead atoms. The van der Waals surface area contributed by atoms with Gasteiger partial charge in [0.15, 0.2) is 0 Å². The number of hydrogen-bond acceptors (Lipinski definition) is 6. The van der Waals surface area contributed by atoms with Crippen molar-refractivity contribution in [1.29, 1.82) is 0 Å². The van der Waals surface area contributed by atoms with Gasteiger partial charge in [-0.1, -0.05) is 37.6 Å². The van der Waals surface area contributed by atoms with Crippen LogP contribution < -0.4 is 5.32 Å². The smallest absolute Gasteiger partial charge is 0.335 e. The number of aromatic carboxylic acids is 1. The first-order valence-electron chi connectivity index (χ1n) is 11.7. The van der Waals surface area contributed by atoms with Gasteiger partial charge in [0.05, 0.1) is 10.5 Å². The molecule has 3 aliphatic rings. The van der Waals surface area contributed by atoms with Crippen LogP contribution in [0.15, 0.2) is 58.7 Å². The molecule has 1 aromatic rings. The van der Waals surface area contributed by atoms with Gasteiger partial charge in [-0.05, 0) is 67.8 Å². The zero-order chi connectivity index (χ0) is 26.1. The molecule has 1 saturated heterocycles. The fourth-order valence-electron chi connectivity index (χ4n) is 4.31. The van der Waals surface area contributed by atoms with Crippen LogP contribution in [-0.4, -0.2) is 45.7 Å². The molecule has 0 aromatic heterocycles. The highest BCUT2D eigenvalue weighted by Crippen LogP contribution is 2.37. The Bertz CT molecular complexity index is 1270. The second-order valence-electron chi connectivity index (χ2n) is 9.30. The molecule has 9 heteroatoms. The molecule has 8 nitrogen and oxygen atoms in total. The van der Waals surface area contributed by atoms with Gasteiger partial charge in [0, 0.05) is 17.2 Å². The summed E-state index contributed by atoms with van der Waals surface area (Å²) in [5.41, 5.74) is 3.43. The minimum absolute atomic E-state index is 0.113. The largest absolute Gasteiger partial charge is 0.485 e. The van der Waals surface area contributed by atoms with Gasteiger partial charge in [0.1, 0.15) is 18.4 Å². The molecule has 1 aromatic carbocycles. The number of carbonyl (C=O) groups is 4. The summed E-state index contributed by atoms with van der Waals surface area (Å²) in [5.74, 6) is -1.24. The standard InChI is InChI=1S/C27H28N2O6S/c1-14-8-9-18(10-15(14)2)28-24(30)13-29-25(31)23(36-27(29)34)12-21-16(3)11-22(35-21)19-6-5-7-20(17(19)4)26(32)33/h5-9,11-12,15-16,21H,10,13H2,1-4H3,(H,28,30)(H,32,33)/b23-12-. The highest BCUT2D eigenvalue weighted by molar-refractivity contribution is 8.18. The number of rotatable bonds is 6. The van der Waals surface area contributed by atoms with E-state index in [1.54, 1.807) is 25.1 Å². The lowest BCUT2D eigenvalue weighted by atomic mass is 9.92. The monoisotopic (exact) mass is 508 g/mol. The Balaban J connectivity index is 1.43. The fourth-order valence-corrected chi connectivity index (χ4v) is 5.16. The van der Waals surface area contributed by atoms with Gasteiger partial charge in [0.25, 0.3) is 11.1 Å². The normalized spacial score (nSPS) is 24.9. The van der Waals surface area contributed by atoms with Crippen LogP contribution in [0.5, 0.6) is 0 Å². The van der Waals surface area contributed by atoms with Gasteiger partial charge in [-0.3, -0.25) is 19.3 Å². The fraction of sp³-hybridized carbons (Fsp3) is 0.333. The Hall–Kier alpha value is -3.59. The molecule has 188 valence electrons. The summed E-state index contributed by atoms with van der Waals surface area (Å²) in [6.45, 7) is 7.38. The van der Waals surface area contributed by atoms with Crippen molar-refractivity contribution >= 4 is 40.5 Å². The van der Waals surface area contributed by atoms with Crippen molar-refractivity contribution in [3.8, 4) is 0 Å². The molecule has 3 unspecified atom stereocenters. The Morgan fingerprint density at radius 1 is 1.22 bits per heavy atom. The first kappa shape index (κ1) is 25.5. The van der Waals surface area contributed by atoms with E-state index < -0.39 is 29.1 Å². The summed E-state index contributed by atoms with van der Waals surface area (Å²) in [4.78, 5) is 50.6. The first-order chi connectivity index (χ1) is 17.0. The molecule has 36 heavy (non-hydrogen) atoms. The van der Waals surface area contributed by atoms with E-state index >= 15 is 0 Å². The number of ether oxygens (including phenoxy) is 1. The summed E-state index contributed by atoms with van der Waals surface area (Å²) < 4.78 is 6.06. The highest BCUT2D eigenvalue weighted by atomic mass is 32.2. The number of nitrogens with one attached hydrogen (secondary N) is 1. The molecule has 2 heterocycles. The van der Waals surface area contributed by atoms with Gasteiger partial charge in [-0.2, -0.15) is 0 Å². The number of thioether (sulfide) groups is 1. The van der Waals surface area contributed by atoms with Crippen LogP contribution in [0.3, 0.4) is 0 Å². The average Bonchev–Trinajstić information content (AvgIpc) is 3.30.